The van der Waals surface area contributed by atoms with Crippen molar-refractivity contribution in [2.45, 2.75) is 38.3 Å². The third kappa shape index (κ3) is 2.18. The lowest BCUT2D eigenvalue weighted by Gasteiger charge is -2.36. The second-order valence-corrected chi connectivity index (χ2v) is 5.20. The molecule has 1 saturated carbocycles. The van der Waals surface area contributed by atoms with E-state index < -0.39 is 6.04 Å². The van der Waals surface area contributed by atoms with Gasteiger partial charge in [-0.25, -0.2) is 0 Å². The molecule has 3 rings (SSSR count). The van der Waals surface area contributed by atoms with Crippen molar-refractivity contribution in [3.63, 3.8) is 0 Å². The summed E-state index contributed by atoms with van der Waals surface area (Å²) in [6.45, 7) is 0.486. The molecule has 1 atom stereocenters. The molecular formula is C15H15NO3. The summed E-state index contributed by atoms with van der Waals surface area (Å²) in [6.07, 6.45) is 1.22. The standard InChI is InChI=1S/C15H15NO3/c17-12-5-6-13(14(18)8-12)16-9-11-4-2-1-3-10(11)7-15(16)19/h1-4,13H,5-9H2/t13-/m1/s1. The average molecular weight is 257 g/mol. The van der Waals surface area contributed by atoms with Crippen LogP contribution in [-0.4, -0.2) is 28.4 Å². The van der Waals surface area contributed by atoms with Gasteiger partial charge in [0.05, 0.1) is 18.9 Å². The van der Waals surface area contributed by atoms with Crippen molar-refractivity contribution < 1.29 is 14.4 Å². The number of carbonyl (C=O) groups excluding carboxylic acids is 3. The molecule has 0 bridgehead atoms. The number of carbonyl (C=O) groups is 3. The van der Waals surface area contributed by atoms with Gasteiger partial charge in [-0.3, -0.25) is 14.4 Å². The van der Waals surface area contributed by atoms with E-state index in [2.05, 4.69) is 0 Å². The molecule has 0 spiro atoms. The van der Waals surface area contributed by atoms with Crippen LogP contribution in [0.2, 0.25) is 0 Å². The van der Waals surface area contributed by atoms with Crippen molar-refractivity contribution >= 4 is 17.5 Å². The maximum Gasteiger partial charge on any atom is 0.227 e. The van der Waals surface area contributed by atoms with Crippen LogP contribution in [0.1, 0.15) is 30.4 Å². The molecule has 0 saturated heterocycles. The first kappa shape index (κ1) is 12.1. The lowest BCUT2D eigenvalue weighted by atomic mass is 9.89. The van der Waals surface area contributed by atoms with Gasteiger partial charge in [0.25, 0.3) is 0 Å². The summed E-state index contributed by atoms with van der Waals surface area (Å²) in [5.74, 6) is -0.124. The Bertz CT molecular complexity index is 564. The van der Waals surface area contributed by atoms with E-state index in [0.717, 1.165) is 11.1 Å². The first-order valence-corrected chi connectivity index (χ1v) is 6.56. The van der Waals surface area contributed by atoms with E-state index in [4.69, 9.17) is 0 Å². The summed E-state index contributed by atoms with van der Waals surface area (Å²) in [4.78, 5) is 37.0. The molecular weight excluding hydrogens is 242 g/mol. The van der Waals surface area contributed by atoms with Crippen LogP contribution in [0.5, 0.6) is 0 Å². The number of fused-ring (bicyclic) bond motifs is 1. The van der Waals surface area contributed by atoms with E-state index in [1.807, 2.05) is 24.3 Å². The van der Waals surface area contributed by atoms with Gasteiger partial charge in [-0.1, -0.05) is 24.3 Å². The SMILES string of the molecule is O=C1CC[C@@H](N2Cc3ccccc3CC2=O)C(=O)C1. The molecule has 19 heavy (non-hydrogen) atoms. The van der Waals surface area contributed by atoms with Crippen LogP contribution in [0.3, 0.4) is 0 Å². The van der Waals surface area contributed by atoms with Crippen molar-refractivity contribution in [1.82, 2.24) is 4.90 Å². The predicted molar refractivity (Wildman–Crippen MR) is 68.3 cm³/mol. The third-order valence-electron chi connectivity index (χ3n) is 3.94. The highest BCUT2D eigenvalue weighted by Crippen LogP contribution is 2.25. The molecule has 1 aliphatic heterocycles. The number of hydrogen-bond acceptors (Lipinski definition) is 3. The minimum atomic E-state index is -0.404. The molecule has 4 heteroatoms. The van der Waals surface area contributed by atoms with Gasteiger partial charge in [0.1, 0.15) is 5.78 Å². The average Bonchev–Trinajstić information content (AvgIpc) is 2.38. The van der Waals surface area contributed by atoms with E-state index in [9.17, 15) is 14.4 Å². The fourth-order valence-electron chi connectivity index (χ4n) is 2.89. The van der Waals surface area contributed by atoms with Crippen LogP contribution in [0.25, 0.3) is 0 Å². The Balaban J connectivity index is 1.85. The van der Waals surface area contributed by atoms with Gasteiger partial charge in [-0.15, -0.1) is 0 Å². The highest BCUT2D eigenvalue weighted by atomic mass is 16.2. The zero-order chi connectivity index (χ0) is 13.4. The van der Waals surface area contributed by atoms with Gasteiger partial charge < -0.3 is 4.90 Å². The Hall–Kier alpha value is -1.97. The van der Waals surface area contributed by atoms with Gasteiger partial charge in [-0.05, 0) is 17.5 Å². The summed E-state index contributed by atoms with van der Waals surface area (Å²) in [7, 11) is 0. The van der Waals surface area contributed by atoms with E-state index in [-0.39, 0.29) is 23.9 Å². The molecule has 1 aliphatic carbocycles. The molecule has 0 radical (unpaired) electrons. The van der Waals surface area contributed by atoms with Gasteiger partial charge in [0.15, 0.2) is 5.78 Å². The Kier molecular flexibility index (Phi) is 2.93. The number of ketones is 2. The first-order valence-electron chi connectivity index (χ1n) is 6.56. The minimum Gasteiger partial charge on any atom is -0.328 e. The molecule has 1 fully saturated rings. The molecule has 0 N–H and O–H groups in total. The maximum atomic E-state index is 12.2. The van der Waals surface area contributed by atoms with E-state index in [1.54, 1.807) is 4.90 Å². The quantitative estimate of drug-likeness (QED) is 0.712. The van der Waals surface area contributed by atoms with Crippen molar-refractivity contribution in [2.75, 3.05) is 0 Å². The van der Waals surface area contributed by atoms with Gasteiger partial charge in [-0.2, -0.15) is 0 Å². The van der Waals surface area contributed by atoms with E-state index in [0.29, 0.717) is 25.8 Å². The zero-order valence-corrected chi connectivity index (χ0v) is 10.6. The summed E-state index contributed by atoms with van der Waals surface area (Å²) in [5.41, 5.74) is 2.15. The van der Waals surface area contributed by atoms with Crippen LogP contribution >= 0.6 is 0 Å². The van der Waals surface area contributed by atoms with Crippen LogP contribution in [-0.2, 0) is 27.3 Å². The minimum absolute atomic E-state index is 0.00796. The van der Waals surface area contributed by atoms with Gasteiger partial charge in [0, 0.05) is 13.0 Å². The fraction of sp³-hybridized carbons (Fsp3) is 0.400. The lowest BCUT2D eigenvalue weighted by molar-refractivity contribution is -0.144. The molecule has 1 aromatic carbocycles. The summed E-state index contributed by atoms with van der Waals surface area (Å²) >= 11 is 0. The zero-order valence-electron chi connectivity index (χ0n) is 10.6. The third-order valence-corrected chi connectivity index (χ3v) is 3.94. The van der Waals surface area contributed by atoms with Crippen molar-refractivity contribution in [2.24, 2.45) is 0 Å². The lowest BCUT2D eigenvalue weighted by Crippen LogP contribution is -2.49. The topological polar surface area (TPSA) is 54.5 Å². The first-order chi connectivity index (χ1) is 9.15. The fourth-order valence-corrected chi connectivity index (χ4v) is 2.89. The smallest absolute Gasteiger partial charge is 0.227 e. The van der Waals surface area contributed by atoms with Crippen LogP contribution in [0.15, 0.2) is 24.3 Å². The molecule has 4 nitrogen and oxygen atoms in total. The Morgan fingerprint density at radius 2 is 1.74 bits per heavy atom. The number of amides is 1. The van der Waals surface area contributed by atoms with Crippen molar-refractivity contribution in [3.05, 3.63) is 35.4 Å². The molecule has 0 aromatic heterocycles. The van der Waals surface area contributed by atoms with E-state index in [1.165, 1.54) is 0 Å². The second-order valence-electron chi connectivity index (χ2n) is 5.20. The summed E-state index contributed by atoms with van der Waals surface area (Å²) < 4.78 is 0. The highest BCUT2D eigenvalue weighted by Gasteiger charge is 2.36. The molecule has 0 unspecified atom stereocenters. The molecule has 2 aliphatic rings. The Morgan fingerprint density at radius 1 is 1.00 bits per heavy atom. The number of nitrogens with zero attached hydrogens (tertiary/aromatic N) is 1. The summed E-state index contributed by atoms with van der Waals surface area (Å²) in [6, 6.07) is 7.41. The van der Waals surface area contributed by atoms with Crippen LogP contribution in [0.4, 0.5) is 0 Å². The molecule has 1 heterocycles. The number of hydrogen-bond donors (Lipinski definition) is 0. The highest BCUT2D eigenvalue weighted by molar-refractivity contribution is 6.05. The van der Waals surface area contributed by atoms with Gasteiger partial charge >= 0.3 is 0 Å². The number of benzene rings is 1. The van der Waals surface area contributed by atoms with Gasteiger partial charge in [0.2, 0.25) is 5.91 Å². The number of Topliss-reactive ketones (excluding diaryl/α,β-unsaturated/α-hetero) is 2. The molecule has 98 valence electrons. The largest absolute Gasteiger partial charge is 0.328 e. The maximum absolute atomic E-state index is 12.2. The predicted octanol–water partition coefficient (Wildman–Crippen LogP) is 1.26. The second kappa shape index (κ2) is 4.61. The monoisotopic (exact) mass is 257 g/mol. The van der Waals surface area contributed by atoms with Crippen molar-refractivity contribution in [3.8, 4) is 0 Å². The Labute approximate surface area is 111 Å². The van der Waals surface area contributed by atoms with Crippen molar-refractivity contribution in [1.29, 1.82) is 0 Å². The number of rotatable bonds is 1. The normalized spacial score (nSPS) is 23.5. The van der Waals surface area contributed by atoms with E-state index >= 15 is 0 Å². The van der Waals surface area contributed by atoms with Crippen LogP contribution in [0, 0.1) is 0 Å². The summed E-state index contributed by atoms with van der Waals surface area (Å²) in [5, 5.41) is 0. The molecule has 1 amide bonds. The molecule has 1 aromatic rings. The van der Waals surface area contributed by atoms with Crippen LogP contribution < -0.4 is 0 Å². The Morgan fingerprint density at radius 3 is 2.47 bits per heavy atom.